The van der Waals surface area contributed by atoms with Crippen LogP contribution in [0.25, 0.3) is 0 Å². The normalized spacial score (nSPS) is 17.8. The summed E-state index contributed by atoms with van der Waals surface area (Å²) in [5.41, 5.74) is 0. The van der Waals surface area contributed by atoms with E-state index < -0.39 is 21.8 Å². The minimum Gasteiger partial charge on any atom is -0.480 e. The first-order valence-electron chi connectivity index (χ1n) is 6.48. The molecule has 1 aromatic carbocycles. The number of ether oxygens (including phenoxy) is 1. The average Bonchev–Trinajstić information content (AvgIpc) is 2.45. The van der Waals surface area contributed by atoms with Gasteiger partial charge >= 0.3 is 5.97 Å². The van der Waals surface area contributed by atoms with Crippen molar-refractivity contribution in [2.24, 2.45) is 0 Å². The van der Waals surface area contributed by atoms with Gasteiger partial charge in [0.2, 0.25) is 10.0 Å². The first-order chi connectivity index (χ1) is 9.89. The molecule has 0 unspecified atom stereocenters. The number of sulfonamides is 1. The molecule has 1 fully saturated rings. The Hall–Kier alpha value is -1.51. The Morgan fingerprint density at radius 1 is 1.38 bits per heavy atom. The van der Waals surface area contributed by atoms with E-state index in [9.17, 15) is 17.6 Å². The fraction of sp³-hybridized carbons (Fsp3) is 0.462. The maximum atomic E-state index is 13.1. The van der Waals surface area contributed by atoms with Crippen LogP contribution in [0.3, 0.4) is 0 Å². The molecule has 0 radical (unpaired) electrons. The molecular weight excluding hydrogens is 301 g/mol. The molecule has 1 aliphatic rings. The third-order valence-corrected chi connectivity index (χ3v) is 5.17. The van der Waals surface area contributed by atoms with Crippen molar-refractivity contribution < 1.29 is 27.4 Å². The Labute approximate surface area is 122 Å². The molecule has 0 atom stereocenters. The van der Waals surface area contributed by atoms with Gasteiger partial charge in [-0.25, -0.2) is 17.6 Å². The lowest BCUT2D eigenvalue weighted by molar-refractivity contribution is -0.145. The van der Waals surface area contributed by atoms with E-state index in [1.807, 2.05) is 0 Å². The van der Waals surface area contributed by atoms with Crippen molar-refractivity contribution in [1.29, 1.82) is 0 Å². The van der Waals surface area contributed by atoms with E-state index in [1.165, 1.54) is 22.5 Å². The first kappa shape index (κ1) is 15.9. The Kier molecular flexibility index (Phi) is 4.92. The second-order valence-electron chi connectivity index (χ2n) is 4.77. The summed E-state index contributed by atoms with van der Waals surface area (Å²) in [4.78, 5) is 10.3. The topological polar surface area (TPSA) is 83.9 Å². The Morgan fingerprint density at radius 3 is 2.62 bits per heavy atom. The monoisotopic (exact) mass is 317 g/mol. The van der Waals surface area contributed by atoms with Crippen molar-refractivity contribution in [3.05, 3.63) is 30.1 Å². The maximum Gasteiger partial charge on any atom is 0.329 e. The van der Waals surface area contributed by atoms with Gasteiger partial charge in [-0.1, -0.05) is 6.07 Å². The third kappa shape index (κ3) is 3.99. The van der Waals surface area contributed by atoms with Crippen molar-refractivity contribution in [2.75, 3.05) is 19.7 Å². The average molecular weight is 317 g/mol. The van der Waals surface area contributed by atoms with Crippen molar-refractivity contribution in [3.8, 4) is 0 Å². The number of hydrogen-bond acceptors (Lipinski definition) is 4. The summed E-state index contributed by atoms with van der Waals surface area (Å²) in [5, 5.41) is 8.53. The minimum absolute atomic E-state index is 0.0765. The molecule has 2 rings (SSSR count). The highest BCUT2D eigenvalue weighted by molar-refractivity contribution is 7.89. The lowest BCUT2D eigenvalue weighted by atomic mass is 10.1. The number of hydrogen-bond donors (Lipinski definition) is 1. The second kappa shape index (κ2) is 6.50. The highest BCUT2D eigenvalue weighted by atomic mass is 32.2. The van der Waals surface area contributed by atoms with Crippen LogP contribution >= 0.6 is 0 Å². The molecule has 21 heavy (non-hydrogen) atoms. The van der Waals surface area contributed by atoms with Crippen molar-refractivity contribution >= 4 is 16.0 Å². The molecule has 8 heteroatoms. The summed E-state index contributed by atoms with van der Waals surface area (Å²) in [6.07, 6.45) is 0.573. The molecule has 0 aliphatic carbocycles. The quantitative estimate of drug-likeness (QED) is 0.878. The minimum atomic E-state index is -3.72. The van der Waals surface area contributed by atoms with E-state index >= 15 is 0 Å². The molecule has 0 amide bonds. The standard InChI is InChI=1S/C13H16FNO5S/c14-10-2-1-3-12(8-10)21(18,19)15-6-4-11(5-7-15)20-9-13(16)17/h1-3,8,11H,4-7,9H2,(H,16,17). The van der Waals surface area contributed by atoms with Crippen LogP contribution in [0.15, 0.2) is 29.2 Å². The van der Waals surface area contributed by atoms with E-state index in [4.69, 9.17) is 9.84 Å². The molecule has 1 heterocycles. The molecular formula is C13H16FNO5S. The summed E-state index contributed by atoms with van der Waals surface area (Å²) in [6, 6.07) is 4.88. The molecule has 1 aromatic rings. The molecule has 6 nitrogen and oxygen atoms in total. The van der Waals surface area contributed by atoms with Gasteiger partial charge in [0.25, 0.3) is 0 Å². The van der Waals surface area contributed by atoms with Gasteiger partial charge in [-0.05, 0) is 31.0 Å². The number of carbonyl (C=O) groups is 1. The van der Waals surface area contributed by atoms with E-state index in [1.54, 1.807) is 0 Å². The van der Waals surface area contributed by atoms with Gasteiger partial charge in [-0.3, -0.25) is 0 Å². The van der Waals surface area contributed by atoms with Crippen LogP contribution in [0.2, 0.25) is 0 Å². The van der Waals surface area contributed by atoms with Gasteiger partial charge in [0.05, 0.1) is 11.0 Å². The predicted molar refractivity (Wildman–Crippen MR) is 71.8 cm³/mol. The van der Waals surface area contributed by atoms with Crippen LogP contribution in [-0.4, -0.2) is 49.6 Å². The highest BCUT2D eigenvalue weighted by Crippen LogP contribution is 2.22. The Balaban J connectivity index is 1.99. The molecule has 0 aromatic heterocycles. The fourth-order valence-electron chi connectivity index (χ4n) is 2.20. The number of nitrogens with zero attached hydrogens (tertiary/aromatic N) is 1. The lowest BCUT2D eigenvalue weighted by Gasteiger charge is -2.30. The SMILES string of the molecule is O=C(O)COC1CCN(S(=O)(=O)c2cccc(F)c2)CC1. The molecule has 0 saturated carbocycles. The first-order valence-corrected chi connectivity index (χ1v) is 7.93. The van der Waals surface area contributed by atoms with Gasteiger partial charge < -0.3 is 9.84 Å². The summed E-state index contributed by atoms with van der Waals surface area (Å²) >= 11 is 0. The number of piperidine rings is 1. The highest BCUT2D eigenvalue weighted by Gasteiger charge is 2.30. The second-order valence-corrected chi connectivity index (χ2v) is 6.70. The summed E-state index contributed by atoms with van der Waals surface area (Å²) in [5.74, 6) is -1.65. The van der Waals surface area contributed by atoms with Gasteiger partial charge in [0.15, 0.2) is 0 Å². The number of halogens is 1. The third-order valence-electron chi connectivity index (χ3n) is 3.28. The van der Waals surface area contributed by atoms with E-state index in [-0.39, 0.29) is 30.7 Å². The zero-order valence-corrected chi connectivity index (χ0v) is 12.1. The number of rotatable bonds is 5. The fourth-order valence-corrected chi connectivity index (χ4v) is 3.71. The number of carboxylic acids is 1. The van der Waals surface area contributed by atoms with Crippen LogP contribution in [0.5, 0.6) is 0 Å². The Morgan fingerprint density at radius 2 is 2.05 bits per heavy atom. The van der Waals surface area contributed by atoms with E-state index in [2.05, 4.69) is 0 Å². The lowest BCUT2D eigenvalue weighted by Crippen LogP contribution is -2.41. The van der Waals surface area contributed by atoms with Crippen molar-refractivity contribution in [2.45, 2.75) is 23.8 Å². The molecule has 1 N–H and O–H groups in total. The molecule has 0 bridgehead atoms. The van der Waals surface area contributed by atoms with Crippen LogP contribution in [0.1, 0.15) is 12.8 Å². The number of benzene rings is 1. The zero-order chi connectivity index (χ0) is 15.5. The molecule has 116 valence electrons. The number of aliphatic carboxylic acids is 1. The van der Waals surface area contributed by atoms with Gasteiger partial charge in [0, 0.05) is 13.1 Å². The number of carboxylic acid groups (broad SMARTS) is 1. The summed E-state index contributed by atoms with van der Waals surface area (Å²) in [7, 11) is -3.72. The van der Waals surface area contributed by atoms with Crippen LogP contribution in [-0.2, 0) is 19.6 Å². The van der Waals surface area contributed by atoms with Gasteiger partial charge in [-0.15, -0.1) is 0 Å². The van der Waals surface area contributed by atoms with Crippen LogP contribution in [0, 0.1) is 5.82 Å². The maximum absolute atomic E-state index is 13.1. The van der Waals surface area contributed by atoms with Crippen molar-refractivity contribution in [1.82, 2.24) is 4.31 Å². The van der Waals surface area contributed by atoms with Gasteiger partial charge in [0.1, 0.15) is 12.4 Å². The summed E-state index contributed by atoms with van der Waals surface area (Å²) < 4.78 is 44.2. The largest absolute Gasteiger partial charge is 0.480 e. The van der Waals surface area contributed by atoms with Gasteiger partial charge in [-0.2, -0.15) is 4.31 Å². The predicted octanol–water partition coefficient (Wildman–Crippen LogP) is 1.08. The molecule has 1 aliphatic heterocycles. The Bertz CT molecular complexity index is 611. The summed E-state index contributed by atoms with van der Waals surface area (Å²) in [6.45, 7) is 0.0631. The van der Waals surface area contributed by atoms with E-state index in [0.29, 0.717) is 12.8 Å². The smallest absolute Gasteiger partial charge is 0.329 e. The van der Waals surface area contributed by atoms with E-state index in [0.717, 1.165) is 6.07 Å². The molecule has 1 saturated heterocycles. The van der Waals surface area contributed by atoms with Crippen LogP contribution in [0.4, 0.5) is 4.39 Å². The zero-order valence-electron chi connectivity index (χ0n) is 11.2. The van der Waals surface area contributed by atoms with Crippen molar-refractivity contribution in [3.63, 3.8) is 0 Å². The molecule has 0 spiro atoms. The van der Waals surface area contributed by atoms with Crippen LogP contribution < -0.4 is 0 Å².